The van der Waals surface area contributed by atoms with E-state index in [1.165, 1.54) is 36.4 Å². The van der Waals surface area contributed by atoms with E-state index >= 15 is 4.39 Å². The second-order valence-electron chi connectivity index (χ2n) is 8.15. The molecule has 1 aliphatic heterocycles. The Morgan fingerprint density at radius 1 is 0.763 bits per heavy atom. The Labute approximate surface area is 216 Å². The van der Waals surface area contributed by atoms with Gasteiger partial charge in [-0.05, 0) is 41.9 Å². The van der Waals surface area contributed by atoms with Crippen LogP contribution in [0.3, 0.4) is 0 Å². The van der Waals surface area contributed by atoms with Gasteiger partial charge in [-0.1, -0.05) is 59.7 Å². The van der Waals surface area contributed by atoms with Crippen molar-refractivity contribution in [3.05, 3.63) is 118 Å². The molecule has 194 valence electrons. The molecule has 1 saturated heterocycles. The van der Waals surface area contributed by atoms with Crippen molar-refractivity contribution in [3.8, 4) is 0 Å². The van der Waals surface area contributed by atoms with Crippen LogP contribution in [-0.2, 0) is 18.9 Å². The summed E-state index contributed by atoms with van der Waals surface area (Å²) in [5, 5.41) is 3.49. The lowest BCUT2D eigenvalue weighted by atomic mass is 9.98. The average molecular weight is 519 g/mol. The molecule has 0 amide bonds. The molecule has 0 unspecified atom stereocenters. The number of hydrogen-bond donors (Lipinski definition) is 0. The van der Waals surface area contributed by atoms with Gasteiger partial charge in [-0.25, -0.2) is 18.8 Å². The molecule has 0 aliphatic carbocycles. The molecule has 11 heteroatoms. The summed E-state index contributed by atoms with van der Waals surface area (Å²) in [5.41, 5.74) is 9.58. The number of halogens is 1. The SMILES string of the molecule is [N-]=[N+]=N[C@@H]1O[C@H](COC(=O)c2ccccc2)[C@@H](F)[C@H](OC(=O)c2ccccc2)[C@H]1OC(=O)c1ccccc1. The van der Waals surface area contributed by atoms with Gasteiger partial charge in [-0.3, -0.25) is 0 Å². The number of nitrogens with zero attached hydrogens (tertiary/aromatic N) is 3. The van der Waals surface area contributed by atoms with Gasteiger partial charge >= 0.3 is 17.9 Å². The number of carbonyl (C=O) groups is 3. The van der Waals surface area contributed by atoms with Crippen LogP contribution in [0.5, 0.6) is 0 Å². The smallest absolute Gasteiger partial charge is 0.338 e. The van der Waals surface area contributed by atoms with E-state index in [0.717, 1.165) is 0 Å². The van der Waals surface area contributed by atoms with Gasteiger partial charge in [0.25, 0.3) is 0 Å². The van der Waals surface area contributed by atoms with E-state index < -0.39 is 55.2 Å². The Kier molecular flexibility index (Phi) is 8.65. The van der Waals surface area contributed by atoms with E-state index in [1.54, 1.807) is 54.6 Å². The summed E-state index contributed by atoms with van der Waals surface area (Å²) in [5.74, 6) is -2.52. The Balaban J connectivity index is 1.59. The van der Waals surface area contributed by atoms with Crippen molar-refractivity contribution in [3.63, 3.8) is 0 Å². The lowest BCUT2D eigenvalue weighted by molar-refractivity contribution is -0.210. The Morgan fingerprint density at radius 3 is 1.68 bits per heavy atom. The van der Waals surface area contributed by atoms with Crippen LogP contribution in [0.4, 0.5) is 4.39 Å². The highest BCUT2D eigenvalue weighted by molar-refractivity contribution is 5.90. The molecule has 0 spiro atoms. The molecule has 1 aliphatic rings. The van der Waals surface area contributed by atoms with E-state index in [4.69, 9.17) is 24.5 Å². The molecule has 3 aromatic rings. The third kappa shape index (κ3) is 6.33. The Hall–Kier alpha value is -4.73. The second-order valence-corrected chi connectivity index (χ2v) is 8.15. The summed E-state index contributed by atoms with van der Waals surface area (Å²) in [7, 11) is 0. The van der Waals surface area contributed by atoms with Crippen molar-refractivity contribution in [2.75, 3.05) is 6.61 Å². The maximum absolute atomic E-state index is 15.8. The molecule has 5 atom stereocenters. The quantitative estimate of drug-likeness (QED) is 0.139. The Morgan fingerprint density at radius 2 is 1.21 bits per heavy atom. The zero-order valence-electron chi connectivity index (χ0n) is 19.8. The number of hydrogen-bond acceptors (Lipinski definition) is 8. The molecular weight excluding hydrogens is 497 g/mol. The fraction of sp³-hybridized carbons (Fsp3) is 0.222. The van der Waals surface area contributed by atoms with Crippen LogP contribution < -0.4 is 0 Å². The van der Waals surface area contributed by atoms with Crippen LogP contribution in [0.15, 0.2) is 96.1 Å². The van der Waals surface area contributed by atoms with Crippen LogP contribution >= 0.6 is 0 Å². The normalized spacial score (nSPS) is 22.4. The van der Waals surface area contributed by atoms with E-state index in [1.807, 2.05) is 0 Å². The van der Waals surface area contributed by atoms with Crippen molar-refractivity contribution in [1.29, 1.82) is 0 Å². The van der Waals surface area contributed by atoms with Gasteiger partial charge in [-0.2, -0.15) is 0 Å². The number of ether oxygens (including phenoxy) is 4. The van der Waals surface area contributed by atoms with Crippen LogP contribution in [0, 0.1) is 0 Å². The summed E-state index contributed by atoms with van der Waals surface area (Å²) in [6, 6.07) is 23.6. The number of benzene rings is 3. The summed E-state index contributed by atoms with van der Waals surface area (Å²) in [4.78, 5) is 40.7. The summed E-state index contributed by atoms with van der Waals surface area (Å²) in [6.45, 7) is -0.592. The molecule has 10 nitrogen and oxygen atoms in total. The molecule has 38 heavy (non-hydrogen) atoms. The zero-order chi connectivity index (χ0) is 26.9. The average Bonchev–Trinajstić information content (AvgIpc) is 2.96. The van der Waals surface area contributed by atoms with Crippen LogP contribution in [0.2, 0.25) is 0 Å². The summed E-state index contributed by atoms with van der Waals surface area (Å²) in [6.07, 6.45) is -8.60. The summed E-state index contributed by atoms with van der Waals surface area (Å²) >= 11 is 0. The number of azide groups is 1. The predicted molar refractivity (Wildman–Crippen MR) is 131 cm³/mol. The van der Waals surface area contributed by atoms with E-state index in [0.29, 0.717) is 0 Å². The van der Waals surface area contributed by atoms with Crippen molar-refractivity contribution in [2.45, 2.75) is 30.7 Å². The molecule has 0 saturated carbocycles. The second kappa shape index (κ2) is 12.5. The first kappa shape index (κ1) is 26.3. The number of alkyl halides is 1. The molecule has 0 bridgehead atoms. The fourth-order valence-electron chi connectivity index (χ4n) is 3.77. The number of rotatable bonds is 8. The van der Waals surface area contributed by atoms with E-state index in [2.05, 4.69) is 10.0 Å². The third-order valence-electron chi connectivity index (χ3n) is 5.65. The fourth-order valence-corrected chi connectivity index (χ4v) is 3.77. The van der Waals surface area contributed by atoms with Gasteiger partial charge < -0.3 is 18.9 Å². The maximum atomic E-state index is 15.8. The van der Waals surface area contributed by atoms with Gasteiger partial charge in [-0.15, -0.1) is 0 Å². The first-order valence-corrected chi connectivity index (χ1v) is 11.6. The molecule has 0 N–H and O–H groups in total. The topological polar surface area (TPSA) is 137 Å². The minimum absolute atomic E-state index is 0.117. The van der Waals surface area contributed by atoms with Crippen LogP contribution in [-0.4, -0.2) is 55.2 Å². The molecule has 1 fully saturated rings. The van der Waals surface area contributed by atoms with Crippen LogP contribution in [0.1, 0.15) is 31.1 Å². The van der Waals surface area contributed by atoms with Crippen molar-refractivity contribution >= 4 is 17.9 Å². The number of carbonyl (C=O) groups excluding carboxylic acids is 3. The highest BCUT2D eigenvalue weighted by Crippen LogP contribution is 2.31. The lowest BCUT2D eigenvalue weighted by Crippen LogP contribution is -2.59. The zero-order valence-corrected chi connectivity index (χ0v) is 19.8. The standard InChI is InChI=1S/C27H22FN3O7/c28-21-20(16-35-25(32)17-10-4-1-5-11-17)36-24(30-31-29)23(38-27(34)19-14-8-3-9-15-19)22(21)37-26(33)18-12-6-2-7-13-18/h1-15,20-24H,16H2/t20-,21-,22+,23-,24-/m1/s1. The van der Waals surface area contributed by atoms with Gasteiger partial charge in [0.2, 0.25) is 0 Å². The van der Waals surface area contributed by atoms with Crippen molar-refractivity contribution in [2.24, 2.45) is 5.11 Å². The monoisotopic (exact) mass is 519 g/mol. The first-order chi connectivity index (χ1) is 18.5. The summed E-state index contributed by atoms with van der Waals surface area (Å²) < 4.78 is 37.5. The van der Waals surface area contributed by atoms with Crippen molar-refractivity contribution in [1.82, 2.24) is 0 Å². The minimum atomic E-state index is -2.12. The Bertz CT molecular complexity index is 1300. The van der Waals surface area contributed by atoms with E-state index in [9.17, 15) is 14.4 Å². The molecule has 3 aromatic carbocycles. The van der Waals surface area contributed by atoms with E-state index in [-0.39, 0.29) is 16.7 Å². The van der Waals surface area contributed by atoms with Crippen molar-refractivity contribution < 1.29 is 37.7 Å². The molecule has 4 rings (SSSR count). The minimum Gasteiger partial charge on any atom is -0.459 e. The molecule has 0 aromatic heterocycles. The first-order valence-electron chi connectivity index (χ1n) is 11.6. The van der Waals surface area contributed by atoms with Crippen LogP contribution in [0.25, 0.3) is 10.4 Å². The van der Waals surface area contributed by atoms with Gasteiger partial charge in [0.15, 0.2) is 24.6 Å². The number of esters is 3. The largest absolute Gasteiger partial charge is 0.459 e. The maximum Gasteiger partial charge on any atom is 0.338 e. The highest BCUT2D eigenvalue weighted by atomic mass is 19.1. The molecular formula is C27H22FN3O7. The molecule has 0 radical (unpaired) electrons. The predicted octanol–water partition coefficient (Wildman–Crippen LogP) is 4.67. The highest BCUT2D eigenvalue weighted by Gasteiger charge is 2.51. The van der Waals surface area contributed by atoms with Gasteiger partial charge in [0.1, 0.15) is 12.7 Å². The van der Waals surface area contributed by atoms with Gasteiger partial charge in [0, 0.05) is 4.91 Å². The lowest BCUT2D eigenvalue weighted by Gasteiger charge is -2.40. The van der Waals surface area contributed by atoms with Gasteiger partial charge in [0.05, 0.1) is 16.7 Å². The molecule has 1 heterocycles. The third-order valence-corrected chi connectivity index (χ3v) is 5.65.